The third kappa shape index (κ3) is 2.94. The Kier molecular flexibility index (Phi) is 4.53. The Hall–Kier alpha value is -1.16. The molecule has 4 fully saturated rings. The fraction of sp³-hybridized carbons (Fsp3) is 0.818. The second-order valence-electron chi connectivity index (χ2n) is 9.94. The number of likely N-dealkylation sites (tertiary alicyclic amines) is 1. The van der Waals surface area contributed by atoms with Crippen molar-refractivity contribution in [2.24, 2.45) is 29.1 Å². The third-order valence-electron chi connectivity index (χ3n) is 8.12. The lowest BCUT2D eigenvalue weighted by Crippen LogP contribution is -3.18. The van der Waals surface area contributed by atoms with Gasteiger partial charge in [-0.25, -0.2) is 0 Å². The van der Waals surface area contributed by atoms with Crippen LogP contribution in [0.5, 0.6) is 0 Å². The first-order valence-corrected chi connectivity index (χ1v) is 10.5. The van der Waals surface area contributed by atoms with Gasteiger partial charge in [-0.15, -0.1) is 0 Å². The normalized spacial score (nSPS) is 48.7. The van der Waals surface area contributed by atoms with Crippen LogP contribution in [0, 0.1) is 29.1 Å². The van der Waals surface area contributed by atoms with Gasteiger partial charge >= 0.3 is 5.97 Å². The summed E-state index contributed by atoms with van der Waals surface area (Å²) in [5.41, 5.74) is 1.66. The summed E-state index contributed by atoms with van der Waals surface area (Å²) >= 11 is 0. The molecule has 2 aliphatic carbocycles. The lowest BCUT2D eigenvalue weighted by atomic mass is 9.55. The minimum absolute atomic E-state index is 0.00266. The molecule has 1 N–H and O–H groups in total. The standard InChI is InChI=1S/C22H33NO3/c1-13-6-5-7-22(4)10-20-16(9-18(13)22)17(21(25)26-20)12-23-11-14(2)19(24)8-15(23)3/h14-18,20H,1,5-12H2,2-4H3/p+1/t14-,15+,16+,17+,18-,20+,22+/m0/s1. The zero-order valence-electron chi connectivity index (χ0n) is 16.6. The van der Waals surface area contributed by atoms with Crippen LogP contribution < -0.4 is 4.90 Å². The number of nitrogens with one attached hydrogen (secondary N) is 1. The second-order valence-corrected chi connectivity index (χ2v) is 9.94. The number of fused-ring (bicyclic) bond motifs is 2. The Morgan fingerprint density at radius 1 is 1.31 bits per heavy atom. The van der Waals surface area contributed by atoms with Gasteiger partial charge in [-0.05, 0) is 50.4 Å². The Bertz CT molecular complexity index is 629. The number of piperidine rings is 1. The molecule has 2 aliphatic heterocycles. The molecule has 2 heterocycles. The van der Waals surface area contributed by atoms with Crippen LogP contribution in [0.3, 0.4) is 0 Å². The first-order chi connectivity index (χ1) is 12.3. The monoisotopic (exact) mass is 360 g/mol. The molecule has 0 amide bonds. The number of hydrogen-bond acceptors (Lipinski definition) is 3. The van der Waals surface area contributed by atoms with Crippen LogP contribution in [-0.2, 0) is 14.3 Å². The van der Waals surface area contributed by atoms with Gasteiger partial charge in [-0.1, -0.05) is 26.0 Å². The molecule has 4 heteroatoms. The molecule has 26 heavy (non-hydrogen) atoms. The van der Waals surface area contributed by atoms with Crippen molar-refractivity contribution in [2.45, 2.75) is 71.4 Å². The summed E-state index contributed by atoms with van der Waals surface area (Å²) in [6.45, 7) is 12.6. The van der Waals surface area contributed by atoms with Gasteiger partial charge in [0.2, 0.25) is 0 Å². The molecule has 0 spiro atoms. The van der Waals surface area contributed by atoms with Crippen molar-refractivity contribution in [3.05, 3.63) is 12.2 Å². The lowest BCUT2D eigenvalue weighted by Gasteiger charge is -2.50. The van der Waals surface area contributed by atoms with Gasteiger partial charge in [0.15, 0.2) is 0 Å². The highest BCUT2D eigenvalue weighted by atomic mass is 16.6. The molecule has 0 radical (unpaired) electrons. The quantitative estimate of drug-likeness (QED) is 0.607. The largest absolute Gasteiger partial charge is 0.462 e. The highest BCUT2D eigenvalue weighted by Crippen LogP contribution is 2.56. The average Bonchev–Trinajstić information content (AvgIpc) is 2.85. The number of ketones is 1. The van der Waals surface area contributed by atoms with Gasteiger partial charge in [0.05, 0.1) is 31.5 Å². The zero-order chi connectivity index (χ0) is 18.6. The predicted octanol–water partition coefficient (Wildman–Crippen LogP) is 2.18. The van der Waals surface area contributed by atoms with E-state index in [1.54, 1.807) is 0 Å². The first-order valence-electron chi connectivity index (χ1n) is 10.5. The van der Waals surface area contributed by atoms with Crippen LogP contribution in [0.15, 0.2) is 12.2 Å². The van der Waals surface area contributed by atoms with Gasteiger partial charge in [0.25, 0.3) is 0 Å². The molecule has 0 bridgehead atoms. The fourth-order valence-electron chi connectivity index (χ4n) is 6.41. The average molecular weight is 361 g/mol. The number of ether oxygens (including phenoxy) is 1. The summed E-state index contributed by atoms with van der Waals surface area (Å²) in [5.74, 6) is 1.38. The maximum atomic E-state index is 12.7. The molecule has 144 valence electrons. The number of rotatable bonds is 2. The molecule has 0 aromatic carbocycles. The van der Waals surface area contributed by atoms with Crippen LogP contribution in [0.2, 0.25) is 0 Å². The molecular weight excluding hydrogens is 326 g/mol. The summed E-state index contributed by atoms with van der Waals surface area (Å²) in [5, 5.41) is 0. The Morgan fingerprint density at radius 3 is 2.85 bits per heavy atom. The Morgan fingerprint density at radius 2 is 2.08 bits per heavy atom. The Labute approximate surface area is 157 Å². The predicted molar refractivity (Wildman–Crippen MR) is 99.6 cm³/mol. The first kappa shape index (κ1) is 18.2. The van der Waals surface area contributed by atoms with Crippen molar-refractivity contribution in [3.63, 3.8) is 0 Å². The molecule has 0 aromatic heterocycles. The van der Waals surface area contributed by atoms with Gasteiger partial charge in [-0.2, -0.15) is 0 Å². The number of carbonyl (C=O) groups is 2. The zero-order valence-corrected chi connectivity index (χ0v) is 16.6. The van der Waals surface area contributed by atoms with Crippen LogP contribution >= 0.6 is 0 Å². The van der Waals surface area contributed by atoms with Crippen molar-refractivity contribution in [2.75, 3.05) is 13.1 Å². The number of hydrogen-bond donors (Lipinski definition) is 1. The van der Waals surface area contributed by atoms with E-state index in [1.165, 1.54) is 23.3 Å². The van der Waals surface area contributed by atoms with Crippen molar-refractivity contribution in [1.82, 2.24) is 0 Å². The number of esters is 1. The van der Waals surface area contributed by atoms with Crippen LogP contribution in [0.4, 0.5) is 0 Å². The molecule has 2 saturated heterocycles. The summed E-state index contributed by atoms with van der Waals surface area (Å²) in [6.07, 6.45) is 6.40. The van der Waals surface area contributed by atoms with E-state index in [0.717, 1.165) is 32.4 Å². The molecular formula is C22H34NO3+. The molecule has 1 unspecified atom stereocenters. The number of allylic oxidation sites excluding steroid dienone is 1. The number of carbonyl (C=O) groups excluding carboxylic acids is 2. The number of quaternary nitrogens is 1. The van der Waals surface area contributed by atoms with E-state index in [2.05, 4.69) is 20.4 Å². The van der Waals surface area contributed by atoms with E-state index in [9.17, 15) is 9.59 Å². The maximum absolute atomic E-state index is 12.7. The molecule has 4 rings (SSSR count). The van der Waals surface area contributed by atoms with Gasteiger partial charge in [0, 0.05) is 5.92 Å². The van der Waals surface area contributed by atoms with Crippen LogP contribution in [-0.4, -0.2) is 37.0 Å². The van der Waals surface area contributed by atoms with Gasteiger partial charge < -0.3 is 9.64 Å². The van der Waals surface area contributed by atoms with E-state index >= 15 is 0 Å². The SMILES string of the molecule is C=C1CCC[C@]2(C)C[C@H]3OC(=O)[C@H](C[NH+]4C[C@H](C)C(=O)C[C@H]4C)[C@H]3C[C@@H]12. The summed E-state index contributed by atoms with van der Waals surface area (Å²) in [7, 11) is 0. The van der Waals surface area contributed by atoms with Crippen LogP contribution in [0.25, 0.3) is 0 Å². The van der Waals surface area contributed by atoms with E-state index in [-0.39, 0.29) is 29.3 Å². The molecule has 8 atom stereocenters. The van der Waals surface area contributed by atoms with E-state index in [4.69, 9.17) is 4.74 Å². The lowest BCUT2D eigenvalue weighted by molar-refractivity contribution is -0.930. The topological polar surface area (TPSA) is 47.8 Å². The molecule has 4 nitrogen and oxygen atoms in total. The van der Waals surface area contributed by atoms with E-state index in [1.807, 2.05) is 6.92 Å². The third-order valence-corrected chi connectivity index (χ3v) is 8.12. The minimum atomic E-state index is -0.00266. The van der Waals surface area contributed by atoms with E-state index < -0.39 is 0 Å². The maximum Gasteiger partial charge on any atom is 0.315 e. The summed E-state index contributed by atoms with van der Waals surface area (Å²) in [4.78, 5) is 26.1. The minimum Gasteiger partial charge on any atom is -0.462 e. The molecule has 2 saturated carbocycles. The highest BCUT2D eigenvalue weighted by molar-refractivity contribution is 5.81. The molecule has 4 aliphatic rings. The Balaban J connectivity index is 1.51. The van der Waals surface area contributed by atoms with Crippen molar-refractivity contribution < 1.29 is 19.2 Å². The smallest absolute Gasteiger partial charge is 0.315 e. The van der Waals surface area contributed by atoms with E-state index in [0.29, 0.717) is 30.1 Å². The second kappa shape index (κ2) is 6.47. The highest BCUT2D eigenvalue weighted by Gasteiger charge is 2.56. The molecule has 0 aromatic rings. The van der Waals surface area contributed by atoms with Gasteiger partial charge in [0.1, 0.15) is 17.8 Å². The van der Waals surface area contributed by atoms with Gasteiger partial charge in [-0.3, -0.25) is 9.59 Å². The fourth-order valence-corrected chi connectivity index (χ4v) is 6.41. The van der Waals surface area contributed by atoms with Crippen LogP contribution in [0.1, 0.15) is 59.3 Å². The van der Waals surface area contributed by atoms with Crippen molar-refractivity contribution in [1.29, 1.82) is 0 Å². The number of Topliss-reactive ketones (excluding diaryl/α,β-unsaturated/α-hetero) is 1. The van der Waals surface area contributed by atoms with Crippen molar-refractivity contribution >= 4 is 11.8 Å². The summed E-state index contributed by atoms with van der Waals surface area (Å²) in [6, 6.07) is 0.309. The summed E-state index contributed by atoms with van der Waals surface area (Å²) < 4.78 is 5.90. The van der Waals surface area contributed by atoms with Crippen molar-refractivity contribution in [3.8, 4) is 0 Å².